The first-order valence-corrected chi connectivity index (χ1v) is 9.36. The van der Waals surface area contributed by atoms with Crippen molar-refractivity contribution in [2.75, 3.05) is 35.0 Å². The zero-order chi connectivity index (χ0) is 22.8. The first-order chi connectivity index (χ1) is 14.3. The van der Waals surface area contributed by atoms with Crippen LogP contribution in [0.15, 0.2) is 12.1 Å². The molecular weight excluding hydrogens is 404 g/mol. The van der Waals surface area contributed by atoms with Gasteiger partial charge in [0.25, 0.3) is 0 Å². The number of rotatable bonds is 8. The second-order valence-corrected chi connectivity index (χ2v) is 6.31. The van der Waals surface area contributed by atoms with Gasteiger partial charge in [0.05, 0.1) is 41.7 Å². The van der Waals surface area contributed by atoms with Crippen LogP contribution in [-0.4, -0.2) is 50.4 Å². The molecule has 0 radical (unpaired) electrons. The van der Waals surface area contributed by atoms with Crippen LogP contribution in [0.5, 0.6) is 34.5 Å². The quantitative estimate of drug-likeness (QED) is 0.563. The summed E-state index contributed by atoms with van der Waals surface area (Å²) in [6.45, 7) is 6.34. The molecule has 0 bridgehead atoms. The summed E-state index contributed by atoms with van der Waals surface area (Å²) in [5, 5.41) is 28.8. The number of aliphatic hydroxyl groups is 1. The van der Waals surface area contributed by atoms with Crippen LogP contribution in [0.1, 0.15) is 36.6 Å². The lowest BCUT2D eigenvalue weighted by atomic mass is 10.1. The van der Waals surface area contributed by atoms with Gasteiger partial charge in [-0.25, -0.2) is 0 Å². The molecule has 2 aromatic carbocycles. The molecule has 8 nitrogen and oxygen atoms in total. The fourth-order valence-electron chi connectivity index (χ4n) is 2.86. The minimum atomic E-state index is -0.224. The van der Waals surface area contributed by atoms with Gasteiger partial charge in [0, 0.05) is 17.7 Å². The molecule has 2 rings (SSSR count). The predicted molar refractivity (Wildman–Crippen MR) is 120 cm³/mol. The van der Waals surface area contributed by atoms with Gasteiger partial charge in [0.2, 0.25) is 11.5 Å². The molecule has 0 amide bonds. The maximum atomic E-state index is 10.0. The van der Waals surface area contributed by atoms with Crippen molar-refractivity contribution in [3.63, 3.8) is 0 Å². The van der Waals surface area contributed by atoms with E-state index in [-0.39, 0.29) is 31.3 Å². The Morgan fingerprint density at radius 3 is 1.52 bits per heavy atom. The molecule has 176 valence electrons. The van der Waals surface area contributed by atoms with E-state index in [0.29, 0.717) is 36.0 Å². The summed E-state index contributed by atoms with van der Waals surface area (Å²) in [5.74, 6) is 1.61. The molecule has 0 saturated heterocycles. The van der Waals surface area contributed by atoms with Crippen LogP contribution < -0.4 is 18.9 Å². The number of phenolic OH excluding ortho intramolecular Hbond substituents is 1. The van der Waals surface area contributed by atoms with Gasteiger partial charge >= 0.3 is 0 Å². The van der Waals surface area contributed by atoms with Crippen molar-refractivity contribution in [3.8, 4) is 34.5 Å². The Hall–Kier alpha value is -2.84. The lowest BCUT2D eigenvalue weighted by Crippen LogP contribution is -1.99. The van der Waals surface area contributed by atoms with E-state index in [0.717, 1.165) is 16.7 Å². The lowest BCUT2D eigenvalue weighted by molar-refractivity contribution is 0.131. The van der Waals surface area contributed by atoms with Crippen LogP contribution >= 0.6 is 0 Å². The summed E-state index contributed by atoms with van der Waals surface area (Å²) in [4.78, 5) is 0. The summed E-state index contributed by atoms with van der Waals surface area (Å²) < 4.78 is 25.6. The second kappa shape index (κ2) is 13.5. The predicted octanol–water partition coefficient (Wildman–Crippen LogP) is 4.10. The molecule has 0 atom stereocenters. The molecule has 0 aliphatic carbocycles. The normalized spacial score (nSPS) is 9.81. The number of aromatic hydroxyl groups is 2. The number of hydrogen-bond acceptors (Lipinski definition) is 8. The Labute approximate surface area is 184 Å². The number of aryl methyl sites for hydroxylation is 2. The van der Waals surface area contributed by atoms with Crippen LogP contribution in [0.25, 0.3) is 0 Å². The first-order valence-electron chi connectivity index (χ1n) is 9.36. The number of methoxy groups -OCH3 is 4. The summed E-state index contributed by atoms with van der Waals surface area (Å²) in [6, 6.07) is 3.54. The SMILES string of the molecule is C.CCOCc1c(C)cc(OC)c(OC)c1O.COc1cc(C)c(CO)c(O)c1OC. The van der Waals surface area contributed by atoms with Gasteiger partial charge in [-0.3, -0.25) is 0 Å². The molecule has 8 heteroatoms. The minimum absolute atomic E-state index is 0. The molecule has 0 spiro atoms. The number of aliphatic hydroxyl groups excluding tert-OH is 1. The van der Waals surface area contributed by atoms with Gasteiger partial charge in [0.1, 0.15) is 0 Å². The van der Waals surface area contributed by atoms with E-state index in [4.69, 9.17) is 28.8 Å². The number of benzene rings is 2. The monoisotopic (exact) mass is 440 g/mol. The highest BCUT2D eigenvalue weighted by Crippen LogP contribution is 2.42. The first kappa shape index (κ1) is 28.2. The Morgan fingerprint density at radius 2 is 1.16 bits per heavy atom. The van der Waals surface area contributed by atoms with Crippen LogP contribution in [0, 0.1) is 13.8 Å². The third-order valence-electron chi connectivity index (χ3n) is 4.55. The van der Waals surface area contributed by atoms with E-state index < -0.39 is 0 Å². The second-order valence-electron chi connectivity index (χ2n) is 6.31. The molecule has 3 N–H and O–H groups in total. The number of phenols is 2. The molecule has 0 aliphatic rings. The molecule has 31 heavy (non-hydrogen) atoms. The fourth-order valence-corrected chi connectivity index (χ4v) is 2.86. The Kier molecular flexibility index (Phi) is 12.2. The van der Waals surface area contributed by atoms with Crippen molar-refractivity contribution in [3.05, 3.63) is 34.4 Å². The third-order valence-corrected chi connectivity index (χ3v) is 4.55. The van der Waals surface area contributed by atoms with Crippen molar-refractivity contribution in [2.45, 2.75) is 41.4 Å². The maximum Gasteiger partial charge on any atom is 0.203 e. The van der Waals surface area contributed by atoms with Gasteiger partial charge < -0.3 is 39.0 Å². The lowest BCUT2D eigenvalue weighted by Gasteiger charge is -2.15. The Morgan fingerprint density at radius 1 is 0.742 bits per heavy atom. The zero-order valence-electron chi connectivity index (χ0n) is 18.7. The highest BCUT2D eigenvalue weighted by atomic mass is 16.5. The number of hydrogen-bond donors (Lipinski definition) is 3. The molecule has 0 unspecified atom stereocenters. The number of ether oxygens (including phenoxy) is 5. The van der Waals surface area contributed by atoms with E-state index in [1.54, 1.807) is 20.1 Å². The topological polar surface area (TPSA) is 107 Å². The van der Waals surface area contributed by atoms with Crippen LogP contribution in [-0.2, 0) is 18.0 Å². The van der Waals surface area contributed by atoms with Gasteiger partial charge in [-0.2, -0.15) is 0 Å². The van der Waals surface area contributed by atoms with Crippen LogP contribution in [0.3, 0.4) is 0 Å². The molecule has 0 saturated carbocycles. The van der Waals surface area contributed by atoms with Gasteiger partial charge in [-0.1, -0.05) is 7.43 Å². The molecular formula is C23H36O8. The minimum Gasteiger partial charge on any atom is -0.504 e. The highest BCUT2D eigenvalue weighted by molar-refractivity contribution is 5.58. The van der Waals surface area contributed by atoms with E-state index in [1.807, 2.05) is 19.9 Å². The van der Waals surface area contributed by atoms with Crippen molar-refractivity contribution in [2.24, 2.45) is 0 Å². The van der Waals surface area contributed by atoms with Crippen molar-refractivity contribution >= 4 is 0 Å². The molecule has 0 aromatic heterocycles. The molecule has 2 aromatic rings. The Balaban J connectivity index is 0.000000567. The smallest absolute Gasteiger partial charge is 0.203 e. The molecule has 0 aliphatic heterocycles. The van der Waals surface area contributed by atoms with Crippen molar-refractivity contribution in [1.29, 1.82) is 0 Å². The summed E-state index contributed by atoms with van der Waals surface area (Å²) >= 11 is 0. The summed E-state index contributed by atoms with van der Waals surface area (Å²) in [7, 11) is 5.97. The van der Waals surface area contributed by atoms with E-state index in [2.05, 4.69) is 0 Å². The average molecular weight is 441 g/mol. The summed E-state index contributed by atoms with van der Waals surface area (Å²) in [6.07, 6.45) is 0. The standard InChI is InChI=1S/C12H18O4.C10H14O4.CH4/c1-5-16-7-9-8(2)6-10(14-3)12(15-4)11(9)13;1-6-4-8(13-2)10(14-3)9(12)7(6)5-11;/h6,13H,5,7H2,1-4H3;4,11-12H,5H2,1-3H3;1H4. The van der Waals surface area contributed by atoms with Crippen LogP contribution in [0.4, 0.5) is 0 Å². The third kappa shape index (κ3) is 6.57. The van der Waals surface area contributed by atoms with E-state index in [9.17, 15) is 10.2 Å². The van der Waals surface area contributed by atoms with Gasteiger partial charge in [-0.15, -0.1) is 0 Å². The summed E-state index contributed by atoms with van der Waals surface area (Å²) in [5.41, 5.74) is 2.88. The largest absolute Gasteiger partial charge is 0.504 e. The van der Waals surface area contributed by atoms with Gasteiger partial charge in [0.15, 0.2) is 23.0 Å². The molecule has 0 heterocycles. The van der Waals surface area contributed by atoms with E-state index >= 15 is 0 Å². The zero-order valence-corrected chi connectivity index (χ0v) is 18.7. The van der Waals surface area contributed by atoms with Gasteiger partial charge in [-0.05, 0) is 44.0 Å². The van der Waals surface area contributed by atoms with E-state index in [1.165, 1.54) is 21.3 Å². The maximum absolute atomic E-state index is 10.0. The Bertz CT molecular complexity index is 833. The van der Waals surface area contributed by atoms with Crippen molar-refractivity contribution < 1.29 is 39.0 Å². The van der Waals surface area contributed by atoms with Crippen molar-refractivity contribution in [1.82, 2.24) is 0 Å². The highest BCUT2D eigenvalue weighted by Gasteiger charge is 2.17. The fraction of sp³-hybridized carbons (Fsp3) is 0.478. The molecule has 0 fully saturated rings. The average Bonchev–Trinajstić information content (AvgIpc) is 2.73. The van der Waals surface area contributed by atoms with Crippen LogP contribution in [0.2, 0.25) is 0 Å².